The van der Waals surface area contributed by atoms with Gasteiger partial charge in [-0.05, 0) is 18.2 Å². The van der Waals surface area contributed by atoms with E-state index >= 15 is 0 Å². The second kappa shape index (κ2) is 7.93. The first-order chi connectivity index (χ1) is 12.0. The lowest BCUT2D eigenvalue weighted by Crippen LogP contribution is -2.23. The van der Waals surface area contributed by atoms with Gasteiger partial charge in [-0.25, -0.2) is 9.59 Å². The Hall–Kier alpha value is -2.68. The van der Waals surface area contributed by atoms with Crippen molar-refractivity contribution in [2.24, 2.45) is 0 Å². The number of amides is 2. The lowest BCUT2D eigenvalue weighted by Gasteiger charge is -2.19. The van der Waals surface area contributed by atoms with Crippen LogP contribution in [0.4, 0.5) is 9.59 Å². The molecule has 2 rings (SSSR count). The van der Waals surface area contributed by atoms with Crippen LogP contribution in [0, 0.1) is 0 Å². The number of fused-ring (bicyclic) bond motifs is 1. The number of halogens is 1. The lowest BCUT2D eigenvalue weighted by molar-refractivity contribution is 0.197. The molecule has 2 aromatic carbocycles. The van der Waals surface area contributed by atoms with Crippen LogP contribution >= 0.6 is 15.9 Å². The zero-order valence-electron chi connectivity index (χ0n) is 14.1. The second-order valence-electron chi connectivity index (χ2n) is 4.69. The summed E-state index contributed by atoms with van der Waals surface area (Å²) >= 11 is 3.37. The zero-order chi connectivity index (χ0) is 18.6. The van der Waals surface area contributed by atoms with Crippen molar-refractivity contribution in [3.05, 3.63) is 22.7 Å². The van der Waals surface area contributed by atoms with Crippen LogP contribution in [0.1, 0.15) is 0 Å². The Morgan fingerprint density at radius 1 is 0.840 bits per heavy atom. The van der Waals surface area contributed by atoms with Crippen LogP contribution in [-0.2, 0) is 0 Å². The summed E-state index contributed by atoms with van der Waals surface area (Å²) in [6, 6.07) is 5.18. The number of rotatable bonds is 4. The molecule has 0 radical (unpaired) electrons. The molecule has 0 heterocycles. The van der Waals surface area contributed by atoms with Crippen LogP contribution in [0.3, 0.4) is 0 Å². The van der Waals surface area contributed by atoms with Gasteiger partial charge in [0.2, 0.25) is 11.5 Å². The minimum absolute atomic E-state index is 0.121. The Kier molecular flexibility index (Phi) is 5.92. The van der Waals surface area contributed by atoms with Crippen molar-refractivity contribution in [2.75, 3.05) is 28.3 Å². The van der Waals surface area contributed by atoms with Crippen LogP contribution in [0.5, 0.6) is 23.0 Å². The van der Waals surface area contributed by atoms with E-state index in [1.54, 1.807) is 18.2 Å². The molecular formula is C16H17BrN2O6. The number of methoxy groups -OCH3 is 2. The van der Waals surface area contributed by atoms with Crippen LogP contribution in [-0.4, -0.2) is 40.5 Å². The first kappa shape index (κ1) is 18.7. The average molecular weight is 413 g/mol. The molecule has 2 aromatic rings. The second-order valence-corrected chi connectivity index (χ2v) is 5.61. The minimum atomic E-state index is -0.679. The standard InChI is InChI=1S/C16H17BrN2O6/c1-18-15(20)24-11-9-6-5-8(17)7-10(9)12(25-16(21)19-2)14(23-4)13(11)22-3/h5-7H,1-4H3,(H,18,20)(H,19,21). The maximum Gasteiger partial charge on any atom is 0.412 e. The van der Waals surface area contributed by atoms with Gasteiger partial charge in [-0.1, -0.05) is 15.9 Å². The van der Waals surface area contributed by atoms with E-state index in [9.17, 15) is 9.59 Å². The highest BCUT2D eigenvalue weighted by Crippen LogP contribution is 2.51. The summed E-state index contributed by atoms with van der Waals surface area (Å²) in [4.78, 5) is 23.5. The number of carbonyl (C=O) groups is 2. The molecular weight excluding hydrogens is 396 g/mol. The smallest absolute Gasteiger partial charge is 0.412 e. The lowest BCUT2D eigenvalue weighted by atomic mass is 10.1. The van der Waals surface area contributed by atoms with Crippen LogP contribution < -0.4 is 29.6 Å². The molecule has 0 atom stereocenters. The number of carbonyl (C=O) groups excluding carboxylic acids is 2. The number of ether oxygens (including phenoxy) is 4. The summed E-state index contributed by atoms with van der Waals surface area (Å²) in [6.45, 7) is 0. The summed E-state index contributed by atoms with van der Waals surface area (Å²) in [6.07, 6.45) is -1.36. The van der Waals surface area contributed by atoms with Gasteiger partial charge in [0.1, 0.15) is 0 Å². The Bertz CT molecular complexity index is 824. The molecule has 0 aliphatic heterocycles. The number of benzene rings is 2. The van der Waals surface area contributed by atoms with E-state index in [-0.39, 0.29) is 23.0 Å². The maximum absolute atomic E-state index is 11.7. The van der Waals surface area contributed by atoms with E-state index < -0.39 is 12.2 Å². The first-order valence-electron chi connectivity index (χ1n) is 7.13. The molecule has 0 aliphatic rings. The van der Waals surface area contributed by atoms with Crippen LogP contribution in [0.2, 0.25) is 0 Å². The summed E-state index contributed by atoms with van der Waals surface area (Å²) in [5, 5.41) is 5.74. The van der Waals surface area contributed by atoms with Crippen molar-refractivity contribution in [1.29, 1.82) is 0 Å². The van der Waals surface area contributed by atoms with Crippen molar-refractivity contribution in [3.63, 3.8) is 0 Å². The monoisotopic (exact) mass is 412 g/mol. The minimum Gasteiger partial charge on any atom is -0.490 e. The normalized spacial score (nSPS) is 10.1. The molecule has 8 nitrogen and oxygen atoms in total. The van der Waals surface area contributed by atoms with Gasteiger partial charge < -0.3 is 29.6 Å². The molecule has 0 fully saturated rings. The Balaban J connectivity index is 2.86. The Labute approximate surface area is 152 Å². The molecule has 0 aromatic heterocycles. The summed E-state index contributed by atoms with van der Waals surface area (Å²) < 4.78 is 22.1. The van der Waals surface area contributed by atoms with Crippen LogP contribution in [0.25, 0.3) is 10.8 Å². The molecule has 25 heavy (non-hydrogen) atoms. The predicted octanol–water partition coefficient (Wildman–Crippen LogP) is 3.06. The third-order valence-corrected chi connectivity index (χ3v) is 3.79. The van der Waals surface area contributed by atoms with Gasteiger partial charge in [0, 0.05) is 29.3 Å². The molecule has 2 amide bonds. The van der Waals surface area contributed by atoms with Crippen molar-refractivity contribution >= 4 is 38.9 Å². The molecule has 0 saturated carbocycles. The topological polar surface area (TPSA) is 95.1 Å². The van der Waals surface area contributed by atoms with Gasteiger partial charge in [0.15, 0.2) is 11.5 Å². The van der Waals surface area contributed by atoms with Gasteiger partial charge in [0.25, 0.3) is 0 Å². The quantitative estimate of drug-likeness (QED) is 0.800. The molecule has 9 heteroatoms. The van der Waals surface area contributed by atoms with Crippen molar-refractivity contribution in [2.45, 2.75) is 0 Å². The molecule has 0 spiro atoms. The Morgan fingerprint density at radius 3 is 1.76 bits per heavy atom. The fraction of sp³-hybridized carbons (Fsp3) is 0.250. The zero-order valence-corrected chi connectivity index (χ0v) is 15.6. The third kappa shape index (κ3) is 3.71. The summed E-state index contributed by atoms with van der Waals surface area (Å²) in [5.41, 5.74) is 0. The van der Waals surface area contributed by atoms with Gasteiger partial charge in [-0.3, -0.25) is 0 Å². The highest BCUT2D eigenvalue weighted by atomic mass is 79.9. The van der Waals surface area contributed by atoms with Gasteiger partial charge in [0.05, 0.1) is 14.2 Å². The van der Waals surface area contributed by atoms with E-state index in [4.69, 9.17) is 18.9 Å². The Morgan fingerprint density at radius 2 is 1.32 bits per heavy atom. The van der Waals surface area contributed by atoms with E-state index in [1.165, 1.54) is 28.3 Å². The van der Waals surface area contributed by atoms with Crippen molar-refractivity contribution in [1.82, 2.24) is 10.6 Å². The number of hydrogen-bond donors (Lipinski definition) is 2. The van der Waals surface area contributed by atoms with E-state index in [2.05, 4.69) is 26.6 Å². The fourth-order valence-corrected chi connectivity index (χ4v) is 2.58. The van der Waals surface area contributed by atoms with Crippen LogP contribution in [0.15, 0.2) is 22.7 Å². The van der Waals surface area contributed by atoms with Gasteiger partial charge in [-0.2, -0.15) is 0 Å². The molecule has 0 unspecified atom stereocenters. The van der Waals surface area contributed by atoms with E-state index in [0.717, 1.165) is 4.47 Å². The van der Waals surface area contributed by atoms with E-state index in [0.29, 0.717) is 10.8 Å². The van der Waals surface area contributed by atoms with Crippen molar-refractivity contribution in [3.8, 4) is 23.0 Å². The molecule has 2 N–H and O–H groups in total. The van der Waals surface area contributed by atoms with Crippen molar-refractivity contribution < 1.29 is 28.5 Å². The largest absolute Gasteiger partial charge is 0.490 e. The fourth-order valence-electron chi connectivity index (χ4n) is 2.21. The summed E-state index contributed by atoms with van der Waals surface area (Å²) in [7, 11) is 5.66. The van der Waals surface area contributed by atoms with Gasteiger partial charge >= 0.3 is 12.2 Å². The summed E-state index contributed by atoms with van der Waals surface area (Å²) in [5.74, 6) is 0.528. The molecule has 0 aliphatic carbocycles. The SMILES string of the molecule is CNC(=O)Oc1c(OC)c(OC)c(OC(=O)NC)c2cc(Br)ccc12. The molecule has 134 valence electrons. The molecule has 0 bridgehead atoms. The number of hydrogen-bond acceptors (Lipinski definition) is 6. The van der Waals surface area contributed by atoms with E-state index in [1.807, 2.05) is 0 Å². The average Bonchev–Trinajstić information content (AvgIpc) is 2.62. The first-order valence-corrected chi connectivity index (χ1v) is 7.92. The molecule has 0 saturated heterocycles. The maximum atomic E-state index is 11.7. The predicted molar refractivity (Wildman–Crippen MR) is 94.9 cm³/mol. The number of nitrogens with one attached hydrogen (secondary N) is 2. The third-order valence-electron chi connectivity index (χ3n) is 3.30. The highest BCUT2D eigenvalue weighted by molar-refractivity contribution is 9.10. The van der Waals surface area contributed by atoms with Gasteiger partial charge in [-0.15, -0.1) is 0 Å². The highest BCUT2D eigenvalue weighted by Gasteiger charge is 2.26.